The average molecular weight is 248 g/mol. The smallest absolute Gasteiger partial charge is 0.251 e. The summed E-state index contributed by atoms with van der Waals surface area (Å²) in [6.45, 7) is 6.97. The van der Waals surface area contributed by atoms with E-state index in [2.05, 4.69) is 11.5 Å². The molecule has 5 heteroatoms. The number of rotatable bonds is 7. The number of β-amino-alcohol motifs (C(OH)–C–C–N with tert-alkyl or cyclic N) is 1. The SMILES string of the molecule is C=CCCC(O)CN1CCN(CC(F)F)CC1. The summed E-state index contributed by atoms with van der Waals surface area (Å²) in [5, 5.41) is 9.72. The van der Waals surface area contributed by atoms with E-state index in [0.29, 0.717) is 19.6 Å². The quantitative estimate of drug-likeness (QED) is 0.686. The predicted molar refractivity (Wildman–Crippen MR) is 64.3 cm³/mol. The van der Waals surface area contributed by atoms with Crippen molar-refractivity contribution in [3.8, 4) is 0 Å². The summed E-state index contributed by atoms with van der Waals surface area (Å²) in [5.74, 6) is 0. The minimum absolute atomic E-state index is 0.132. The monoisotopic (exact) mass is 248 g/mol. The van der Waals surface area contributed by atoms with E-state index in [9.17, 15) is 13.9 Å². The molecular formula is C12H22F2N2O. The molecule has 1 aliphatic heterocycles. The molecule has 100 valence electrons. The molecule has 1 rings (SSSR count). The molecule has 0 bridgehead atoms. The zero-order valence-electron chi connectivity index (χ0n) is 10.2. The molecule has 0 aromatic rings. The molecule has 0 aromatic heterocycles. The molecule has 0 aliphatic carbocycles. The molecule has 0 amide bonds. The second-order valence-corrected chi connectivity index (χ2v) is 4.51. The molecule has 0 aromatic carbocycles. The van der Waals surface area contributed by atoms with Crippen molar-refractivity contribution in [1.82, 2.24) is 9.80 Å². The highest BCUT2D eigenvalue weighted by Crippen LogP contribution is 2.07. The van der Waals surface area contributed by atoms with Gasteiger partial charge in [-0.15, -0.1) is 6.58 Å². The van der Waals surface area contributed by atoms with Gasteiger partial charge in [0.15, 0.2) is 0 Å². The van der Waals surface area contributed by atoms with Gasteiger partial charge in [-0.3, -0.25) is 9.80 Å². The van der Waals surface area contributed by atoms with Crippen molar-refractivity contribution in [1.29, 1.82) is 0 Å². The number of aliphatic hydroxyl groups is 1. The highest BCUT2D eigenvalue weighted by atomic mass is 19.3. The molecule has 0 saturated carbocycles. The number of hydrogen-bond acceptors (Lipinski definition) is 3. The lowest BCUT2D eigenvalue weighted by Gasteiger charge is -2.35. The van der Waals surface area contributed by atoms with E-state index >= 15 is 0 Å². The Morgan fingerprint density at radius 3 is 2.12 bits per heavy atom. The molecule has 1 saturated heterocycles. The summed E-state index contributed by atoms with van der Waals surface area (Å²) in [4.78, 5) is 3.91. The van der Waals surface area contributed by atoms with E-state index in [1.807, 2.05) is 0 Å². The summed E-state index contributed by atoms with van der Waals surface area (Å²) >= 11 is 0. The number of piperazine rings is 1. The van der Waals surface area contributed by atoms with Crippen LogP contribution in [0.15, 0.2) is 12.7 Å². The molecule has 1 unspecified atom stereocenters. The first kappa shape index (κ1) is 14.5. The lowest BCUT2D eigenvalue weighted by atomic mass is 10.1. The maximum atomic E-state index is 12.2. The average Bonchev–Trinajstić information content (AvgIpc) is 2.28. The first-order chi connectivity index (χ1) is 8.11. The van der Waals surface area contributed by atoms with E-state index in [-0.39, 0.29) is 12.6 Å². The van der Waals surface area contributed by atoms with Gasteiger partial charge in [-0.2, -0.15) is 0 Å². The van der Waals surface area contributed by atoms with Crippen molar-refractivity contribution in [2.24, 2.45) is 0 Å². The van der Waals surface area contributed by atoms with Crippen LogP contribution >= 0.6 is 0 Å². The van der Waals surface area contributed by atoms with Crippen LogP contribution < -0.4 is 0 Å². The van der Waals surface area contributed by atoms with Gasteiger partial charge in [0.25, 0.3) is 6.43 Å². The molecular weight excluding hydrogens is 226 g/mol. The maximum Gasteiger partial charge on any atom is 0.251 e. The number of hydrogen-bond donors (Lipinski definition) is 1. The lowest BCUT2D eigenvalue weighted by Crippen LogP contribution is -2.49. The molecule has 1 N–H and O–H groups in total. The minimum atomic E-state index is -2.25. The second kappa shape index (κ2) is 7.74. The van der Waals surface area contributed by atoms with Gasteiger partial charge in [-0.25, -0.2) is 8.78 Å². The van der Waals surface area contributed by atoms with E-state index < -0.39 is 6.43 Å². The Morgan fingerprint density at radius 1 is 1.12 bits per heavy atom. The van der Waals surface area contributed by atoms with Gasteiger partial charge < -0.3 is 5.11 Å². The molecule has 1 atom stereocenters. The van der Waals surface area contributed by atoms with Crippen LogP contribution in [-0.4, -0.2) is 66.7 Å². The predicted octanol–water partition coefficient (Wildman–Crippen LogP) is 1.20. The van der Waals surface area contributed by atoms with Crippen molar-refractivity contribution in [2.75, 3.05) is 39.3 Å². The largest absolute Gasteiger partial charge is 0.392 e. The highest BCUT2D eigenvalue weighted by Gasteiger charge is 2.20. The number of alkyl halides is 2. The minimum Gasteiger partial charge on any atom is -0.392 e. The van der Waals surface area contributed by atoms with Gasteiger partial charge in [-0.1, -0.05) is 6.08 Å². The van der Waals surface area contributed by atoms with Crippen LogP contribution in [0.1, 0.15) is 12.8 Å². The van der Waals surface area contributed by atoms with E-state index in [4.69, 9.17) is 0 Å². The summed E-state index contributed by atoms with van der Waals surface area (Å²) < 4.78 is 24.3. The van der Waals surface area contributed by atoms with Gasteiger partial charge in [0.05, 0.1) is 12.6 Å². The van der Waals surface area contributed by atoms with Crippen molar-refractivity contribution in [3.05, 3.63) is 12.7 Å². The van der Waals surface area contributed by atoms with Crippen molar-refractivity contribution < 1.29 is 13.9 Å². The van der Waals surface area contributed by atoms with E-state index in [0.717, 1.165) is 25.9 Å². The number of halogens is 2. The van der Waals surface area contributed by atoms with Crippen LogP contribution in [0.2, 0.25) is 0 Å². The molecule has 3 nitrogen and oxygen atoms in total. The van der Waals surface area contributed by atoms with Gasteiger partial charge in [-0.05, 0) is 12.8 Å². The fraction of sp³-hybridized carbons (Fsp3) is 0.833. The maximum absolute atomic E-state index is 12.2. The van der Waals surface area contributed by atoms with Crippen molar-refractivity contribution in [2.45, 2.75) is 25.4 Å². The highest BCUT2D eigenvalue weighted by molar-refractivity contribution is 4.76. The molecule has 17 heavy (non-hydrogen) atoms. The van der Waals surface area contributed by atoms with Crippen LogP contribution in [0.3, 0.4) is 0 Å². The Morgan fingerprint density at radius 2 is 1.65 bits per heavy atom. The second-order valence-electron chi connectivity index (χ2n) is 4.51. The van der Waals surface area contributed by atoms with Gasteiger partial charge in [0, 0.05) is 32.7 Å². The Bertz CT molecular complexity index is 219. The summed E-state index contributed by atoms with van der Waals surface area (Å²) in [5.41, 5.74) is 0. The molecule has 1 aliphatic rings. The third-order valence-electron chi connectivity index (χ3n) is 3.03. The number of nitrogens with zero attached hydrogens (tertiary/aromatic N) is 2. The topological polar surface area (TPSA) is 26.7 Å². The molecule has 1 heterocycles. The van der Waals surface area contributed by atoms with Crippen LogP contribution in [0.5, 0.6) is 0 Å². The van der Waals surface area contributed by atoms with Gasteiger partial charge >= 0.3 is 0 Å². The van der Waals surface area contributed by atoms with Gasteiger partial charge in [0.1, 0.15) is 0 Å². The number of allylic oxidation sites excluding steroid dienone is 1. The van der Waals surface area contributed by atoms with Crippen molar-refractivity contribution >= 4 is 0 Å². The fourth-order valence-corrected chi connectivity index (χ4v) is 2.05. The van der Waals surface area contributed by atoms with Gasteiger partial charge in [0.2, 0.25) is 0 Å². The molecule has 0 spiro atoms. The van der Waals surface area contributed by atoms with Crippen molar-refractivity contribution in [3.63, 3.8) is 0 Å². The first-order valence-corrected chi connectivity index (χ1v) is 6.13. The lowest BCUT2D eigenvalue weighted by molar-refractivity contribution is 0.0373. The van der Waals surface area contributed by atoms with E-state index in [1.54, 1.807) is 11.0 Å². The van der Waals surface area contributed by atoms with E-state index in [1.165, 1.54) is 0 Å². The third-order valence-corrected chi connectivity index (χ3v) is 3.03. The normalized spacial score (nSPS) is 20.7. The Balaban J connectivity index is 2.16. The summed E-state index contributed by atoms with van der Waals surface area (Å²) in [6, 6.07) is 0. The van der Waals surface area contributed by atoms with Crippen LogP contribution in [0.25, 0.3) is 0 Å². The Hall–Kier alpha value is -0.520. The zero-order valence-corrected chi connectivity index (χ0v) is 10.2. The standard InChI is InChI=1S/C12H22F2N2O/c1-2-3-4-11(17)9-15-5-7-16(8-6-15)10-12(13)14/h2,11-12,17H,1,3-10H2. The van der Waals surface area contributed by atoms with Crippen LogP contribution in [0, 0.1) is 0 Å². The van der Waals surface area contributed by atoms with Crippen LogP contribution in [-0.2, 0) is 0 Å². The first-order valence-electron chi connectivity index (χ1n) is 6.13. The summed E-state index contributed by atoms with van der Waals surface area (Å²) in [6.07, 6.45) is 0.742. The zero-order chi connectivity index (χ0) is 12.7. The third kappa shape index (κ3) is 6.10. The van der Waals surface area contributed by atoms with Crippen LogP contribution in [0.4, 0.5) is 8.78 Å². The molecule has 0 radical (unpaired) electrons. The Kier molecular flexibility index (Phi) is 6.62. The summed E-state index contributed by atoms with van der Waals surface area (Å²) in [7, 11) is 0. The Labute approximate surface area is 102 Å². The molecule has 1 fully saturated rings. The fourth-order valence-electron chi connectivity index (χ4n) is 2.05. The number of aliphatic hydroxyl groups excluding tert-OH is 1.